The summed E-state index contributed by atoms with van der Waals surface area (Å²) in [5, 5.41) is 2.04. The number of nitrogens with one attached hydrogen (secondary N) is 1. The number of amides is 1. The van der Waals surface area contributed by atoms with Crippen LogP contribution in [0.4, 0.5) is 5.69 Å². The molecule has 26 heavy (non-hydrogen) atoms. The number of hydrogen-bond acceptors (Lipinski definition) is 5. The van der Waals surface area contributed by atoms with Crippen molar-refractivity contribution >= 4 is 22.9 Å². The van der Waals surface area contributed by atoms with E-state index < -0.39 is 0 Å². The molecule has 0 unspecified atom stereocenters. The van der Waals surface area contributed by atoms with Gasteiger partial charge in [0, 0.05) is 16.6 Å². The Morgan fingerprint density at radius 1 is 1.08 bits per heavy atom. The van der Waals surface area contributed by atoms with Crippen LogP contribution in [0, 0.1) is 0 Å². The van der Waals surface area contributed by atoms with Crippen LogP contribution in [0.25, 0.3) is 0 Å². The third kappa shape index (κ3) is 4.00. The summed E-state index contributed by atoms with van der Waals surface area (Å²) in [5.74, 6) is 1.56. The second-order valence-corrected chi connectivity index (χ2v) is 7.46. The molecule has 2 aliphatic rings. The Bertz CT molecular complexity index is 744. The van der Waals surface area contributed by atoms with Gasteiger partial charge in [0.15, 0.2) is 18.0 Å². The number of benzene rings is 1. The number of carbonyl (C=O) groups excluding carboxylic acids is 1. The highest BCUT2D eigenvalue weighted by Crippen LogP contribution is 2.34. The summed E-state index contributed by atoms with van der Waals surface area (Å²) in [4.78, 5) is 17.4. The molecule has 1 aromatic heterocycles. The van der Waals surface area contributed by atoms with Crippen LogP contribution in [0.1, 0.15) is 4.88 Å². The molecule has 1 N–H and O–H groups in total. The first-order valence-electron chi connectivity index (χ1n) is 8.93. The van der Waals surface area contributed by atoms with Crippen LogP contribution in [-0.4, -0.2) is 52.0 Å². The number of carbonyl (C=O) groups is 1. The quantitative estimate of drug-likeness (QED) is 0.846. The Kier molecular flexibility index (Phi) is 5.38. The van der Waals surface area contributed by atoms with E-state index in [0.29, 0.717) is 32.1 Å². The van der Waals surface area contributed by atoms with E-state index >= 15 is 0 Å². The number of hydrogen-bond donors (Lipinski definition) is 1. The summed E-state index contributed by atoms with van der Waals surface area (Å²) in [6.07, 6.45) is 0. The maximum absolute atomic E-state index is 13.1. The Morgan fingerprint density at radius 3 is 2.65 bits per heavy atom. The number of ether oxygens (including phenoxy) is 3. The van der Waals surface area contributed by atoms with Crippen LogP contribution < -0.4 is 19.3 Å². The summed E-state index contributed by atoms with van der Waals surface area (Å²) < 4.78 is 16.7. The van der Waals surface area contributed by atoms with Crippen LogP contribution in [0.15, 0.2) is 35.7 Å². The number of morpholine rings is 1. The lowest BCUT2D eigenvalue weighted by Gasteiger charge is -2.28. The zero-order valence-corrected chi connectivity index (χ0v) is 15.4. The molecule has 1 aromatic carbocycles. The van der Waals surface area contributed by atoms with Crippen molar-refractivity contribution in [2.75, 3.05) is 51.0 Å². The topological polar surface area (TPSA) is 52.4 Å². The molecule has 4 rings (SSSR count). The van der Waals surface area contributed by atoms with E-state index in [4.69, 9.17) is 14.2 Å². The van der Waals surface area contributed by atoms with Crippen molar-refractivity contribution in [2.24, 2.45) is 0 Å². The van der Waals surface area contributed by atoms with Gasteiger partial charge in [0.1, 0.15) is 26.3 Å². The lowest BCUT2D eigenvalue weighted by molar-refractivity contribution is -0.900. The fourth-order valence-corrected chi connectivity index (χ4v) is 3.92. The minimum atomic E-state index is 0.118. The van der Waals surface area contributed by atoms with Gasteiger partial charge in [-0.25, -0.2) is 0 Å². The molecule has 0 spiro atoms. The Balaban J connectivity index is 1.56. The smallest absolute Gasteiger partial charge is 0.282 e. The highest BCUT2D eigenvalue weighted by molar-refractivity contribution is 7.09. The molecule has 2 aliphatic heterocycles. The Labute approximate surface area is 156 Å². The number of rotatable bonds is 5. The fourth-order valence-electron chi connectivity index (χ4n) is 3.23. The molecule has 0 bridgehead atoms. The number of anilines is 1. The second kappa shape index (κ2) is 8.07. The van der Waals surface area contributed by atoms with Crippen LogP contribution in [0.3, 0.4) is 0 Å². The molecule has 6 nitrogen and oxygen atoms in total. The van der Waals surface area contributed by atoms with Gasteiger partial charge < -0.3 is 24.0 Å². The van der Waals surface area contributed by atoms with E-state index in [1.165, 1.54) is 4.90 Å². The van der Waals surface area contributed by atoms with Crippen molar-refractivity contribution in [2.45, 2.75) is 6.54 Å². The number of nitrogens with zero attached hydrogens (tertiary/aromatic N) is 1. The molecule has 1 amide bonds. The summed E-state index contributed by atoms with van der Waals surface area (Å²) in [7, 11) is 0. The first kappa shape index (κ1) is 17.3. The van der Waals surface area contributed by atoms with Gasteiger partial charge in [0.25, 0.3) is 5.91 Å². The minimum absolute atomic E-state index is 0.118. The van der Waals surface area contributed by atoms with Crippen molar-refractivity contribution in [3.63, 3.8) is 0 Å². The van der Waals surface area contributed by atoms with E-state index in [1.807, 2.05) is 34.5 Å². The van der Waals surface area contributed by atoms with Gasteiger partial charge in [0.05, 0.1) is 19.8 Å². The van der Waals surface area contributed by atoms with E-state index in [-0.39, 0.29) is 5.91 Å². The van der Waals surface area contributed by atoms with Gasteiger partial charge in [-0.3, -0.25) is 4.79 Å². The van der Waals surface area contributed by atoms with Gasteiger partial charge in [-0.05, 0) is 23.6 Å². The molecular formula is C19H23N2O4S+. The standard InChI is InChI=1S/C19H22N2O4S/c22-19(14-20-5-7-23-8-6-20)21(13-16-2-1-11-26-16)15-3-4-17-18(12-15)25-10-9-24-17/h1-4,11-12H,5-10,13-14H2/p+1. The lowest BCUT2D eigenvalue weighted by atomic mass is 10.2. The minimum Gasteiger partial charge on any atom is -0.486 e. The SMILES string of the molecule is O=C(C[NH+]1CCOCC1)N(Cc1cccs1)c1ccc2c(c1)OCCO2. The normalized spacial score (nSPS) is 17.1. The maximum Gasteiger partial charge on any atom is 0.282 e. The van der Waals surface area contributed by atoms with Gasteiger partial charge in [0.2, 0.25) is 0 Å². The largest absolute Gasteiger partial charge is 0.486 e. The molecule has 0 radical (unpaired) electrons. The zero-order valence-electron chi connectivity index (χ0n) is 14.6. The highest BCUT2D eigenvalue weighted by Gasteiger charge is 2.25. The molecule has 7 heteroatoms. The molecule has 1 saturated heterocycles. The maximum atomic E-state index is 13.1. The Hall–Kier alpha value is -2.09. The van der Waals surface area contributed by atoms with E-state index in [2.05, 4.69) is 6.07 Å². The monoisotopic (exact) mass is 375 g/mol. The molecule has 0 saturated carbocycles. The van der Waals surface area contributed by atoms with E-state index in [1.54, 1.807) is 11.3 Å². The van der Waals surface area contributed by atoms with Crippen molar-refractivity contribution in [1.82, 2.24) is 0 Å². The molecule has 0 atom stereocenters. The molecule has 138 valence electrons. The number of fused-ring (bicyclic) bond motifs is 1. The predicted molar refractivity (Wildman–Crippen MR) is 99.3 cm³/mol. The van der Waals surface area contributed by atoms with E-state index in [9.17, 15) is 4.79 Å². The third-order valence-corrected chi connectivity index (χ3v) is 5.49. The first-order chi connectivity index (χ1) is 12.8. The molecular weight excluding hydrogens is 352 g/mol. The summed E-state index contributed by atoms with van der Waals surface area (Å²) in [5.41, 5.74) is 0.848. The van der Waals surface area contributed by atoms with Gasteiger partial charge >= 0.3 is 0 Å². The Morgan fingerprint density at radius 2 is 1.88 bits per heavy atom. The van der Waals surface area contributed by atoms with Crippen molar-refractivity contribution in [3.8, 4) is 11.5 Å². The van der Waals surface area contributed by atoms with Gasteiger partial charge in [-0.15, -0.1) is 11.3 Å². The summed E-state index contributed by atoms with van der Waals surface area (Å²) in [6, 6.07) is 9.81. The molecule has 2 aromatic rings. The highest BCUT2D eigenvalue weighted by atomic mass is 32.1. The molecule has 1 fully saturated rings. The average molecular weight is 375 g/mol. The van der Waals surface area contributed by atoms with Crippen LogP contribution in [0.2, 0.25) is 0 Å². The van der Waals surface area contributed by atoms with Crippen molar-refractivity contribution < 1.29 is 23.9 Å². The van der Waals surface area contributed by atoms with Crippen LogP contribution in [0.5, 0.6) is 11.5 Å². The van der Waals surface area contributed by atoms with Crippen LogP contribution >= 0.6 is 11.3 Å². The first-order valence-corrected chi connectivity index (χ1v) is 9.81. The van der Waals surface area contributed by atoms with Gasteiger partial charge in [-0.2, -0.15) is 0 Å². The lowest BCUT2D eigenvalue weighted by Crippen LogP contribution is -3.15. The fraction of sp³-hybridized carbons (Fsp3) is 0.421. The summed E-state index contributed by atoms with van der Waals surface area (Å²) >= 11 is 1.66. The number of quaternary nitrogens is 1. The van der Waals surface area contributed by atoms with E-state index in [0.717, 1.165) is 42.6 Å². The molecule has 0 aliphatic carbocycles. The average Bonchev–Trinajstić information content (AvgIpc) is 3.20. The molecule has 3 heterocycles. The van der Waals surface area contributed by atoms with Gasteiger partial charge in [-0.1, -0.05) is 6.07 Å². The third-order valence-electron chi connectivity index (χ3n) is 4.63. The zero-order chi connectivity index (χ0) is 17.8. The van der Waals surface area contributed by atoms with Crippen molar-refractivity contribution in [1.29, 1.82) is 0 Å². The second-order valence-electron chi connectivity index (χ2n) is 6.43. The summed E-state index contributed by atoms with van der Waals surface area (Å²) in [6.45, 7) is 5.33. The van der Waals surface area contributed by atoms with Crippen LogP contribution in [-0.2, 0) is 16.1 Å². The predicted octanol–water partition coefficient (Wildman–Crippen LogP) is 0.968. The van der Waals surface area contributed by atoms with Crippen molar-refractivity contribution in [3.05, 3.63) is 40.6 Å². The number of thiophene rings is 1.